The highest BCUT2D eigenvalue weighted by Crippen LogP contribution is 2.27. The molecule has 0 N–H and O–H groups in total. The molecule has 0 spiro atoms. The third kappa shape index (κ3) is 2.88. The standard InChI is InChI=1S/C12H23BO/c1-10(2)12(3,4)14-13(5)11-8-6-7-9-11/h8,10H,6-7,9H2,1-5H3. The third-order valence-corrected chi connectivity index (χ3v) is 3.47. The number of hydrogen-bond donors (Lipinski definition) is 0. The smallest absolute Gasteiger partial charge is 0.319 e. The molecule has 0 radical (unpaired) electrons. The van der Waals surface area contributed by atoms with Gasteiger partial charge in [-0.2, -0.15) is 0 Å². The monoisotopic (exact) mass is 194 g/mol. The van der Waals surface area contributed by atoms with Crippen LogP contribution >= 0.6 is 0 Å². The quantitative estimate of drug-likeness (QED) is 0.620. The molecule has 0 unspecified atom stereocenters. The second-order valence-electron chi connectivity index (χ2n) is 5.19. The van der Waals surface area contributed by atoms with Crippen LogP contribution in [0.1, 0.15) is 47.0 Å². The van der Waals surface area contributed by atoms with E-state index in [4.69, 9.17) is 4.65 Å². The van der Waals surface area contributed by atoms with Crippen LogP contribution in [0.5, 0.6) is 0 Å². The molecule has 0 fully saturated rings. The highest BCUT2D eigenvalue weighted by atomic mass is 16.5. The molecule has 0 aromatic carbocycles. The maximum atomic E-state index is 6.11. The van der Waals surface area contributed by atoms with Gasteiger partial charge in [-0.15, -0.1) is 0 Å². The molecule has 0 heterocycles. The zero-order chi connectivity index (χ0) is 10.8. The summed E-state index contributed by atoms with van der Waals surface area (Å²) in [5.74, 6) is 0.562. The van der Waals surface area contributed by atoms with E-state index >= 15 is 0 Å². The van der Waals surface area contributed by atoms with Gasteiger partial charge in [0.2, 0.25) is 0 Å². The van der Waals surface area contributed by atoms with Gasteiger partial charge in [-0.3, -0.25) is 0 Å². The van der Waals surface area contributed by atoms with E-state index in [2.05, 4.69) is 40.6 Å². The molecule has 14 heavy (non-hydrogen) atoms. The second kappa shape index (κ2) is 4.52. The van der Waals surface area contributed by atoms with Crippen LogP contribution in [0.15, 0.2) is 11.5 Å². The molecule has 0 aliphatic heterocycles. The van der Waals surface area contributed by atoms with Gasteiger partial charge < -0.3 is 4.65 Å². The van der Waals surface area contributed by atoms with Crippen molar-refractivity contribution >= 4 is 6.92 Å². The first kappa shape index (κ1) is 11.8. The van der Waals surface area contributed by atoms with Gasteiger partial charge in [0, 0.05) is 5.60 Å². The van der Waals surface area contributed by atoms with Crippen LogP contribution in [-0.2, 0) is 4.65 Å². The highest BCUT2D eigenvalue weighted by Gasteiger charge is 2.29. The minimum Gasteiger partial charge on any atom is -0.426 e. The first-order valence-corrected chi connectivity index (χ1v) is 5.80. The molecule has 0 aromatic heterocycles. The maximum absolute atomic E-state index is 6.11. The molecule has 0 bridgehead atoms. The van der Waals surface area contributed by atoms with E-state index in [0.29, 0.717) is 12.8 Å². The second-order valence-corrected chi connectivity index (χ2v) is 5.19. The van der Waals surface area contributed by atoms with Crippen LogP contribution < -0.4 is 0 Å². The molecular formula is C12H23BO. The van der Waals surface area contributed by atoms with E-state index in [1.165, 1.54) is 24.7 Å². The Hall–Kier alpha value is -0.235. The molecule has 0 saturated heterocycles. The van der Waals surface area contributed by atoms with Gasteiger partial charge in [0.25, 0.3) is 0 Å². The van der Waals surface area contributed by atoms with Gasteiger partial charge in [-0.05, 0) is 39.0 Å². The third-order valence-electron chi connectivity index (χ3n) is 3.47. The van der Waals surface area contributed by atoms with Crippen LogP contribution in [0.2, 0.25) is 6.82 Å². The van der Waals surface area contributed by atoms with Crippen molar-refractivity contribution < 1.29 is 4.65 Å². The van der Waals surface area contributed by atoms with Gasteiger partial charge in [-0.25, -0.2) is 0 Å². The average Bonchev–Trinajstić information content (AvgIpc) is 2.54. The number of hydrogen-bond acceptors (Lipinski definition) is 1. The summed E-state index contributed by atoms with van der Waals surface area (Å²) in [5, 5.41) is 0. The van der Waals surface area contributed by atoms with Crippen LogP contribution in [0.4, 0.5) is 0 Å². The van der Waals surface area contributed by atoms with Crippen LogP contribution in [-0.4, -0.2) is 12.5 Å². The Morgan fingerprint density at radius 2 is 2.07 bits per heavy atom. The lowest BCUT2D eigenvalue weighted by Crippen LogP contribution is -2.37. The normalized spacial score (nSPS) is 17.4. The van der Waals surface area contributed by atoms with Crippen molar-refractivity contribution in [1.29, 1.82) is 0 Å². The van der Waals surface area contributed by atoms with E-state index in [0.717, 1.165) is 0 Å². The van der Waals surface area contributed by atoms with E-state index < -0.39 is 0 Å². The van der Waals surface area contributed by atoms with E-state index in [1.807, 2.05) is 0 Å². The summed E-state index contributed by atoms with van der Waals surface area (Å²) in [6.07, 6.45) is 6.13. The molecule has 0 aromatic rings. The van der Waals surface area contributed by atoms with Crippen molar-refractivity contribution in [3.05, 3.63) is 11.5 Å². The SMILES string of the molecule is CB(OC(C)(C)C(C)C)C1=CCCC1. The first-order chi connectivity index (χ1) is 6.43. The molecule has 1 aliphatic carbocycles. The fourth-order valence-electron chi connectivity index (χ4n) is 1.73. The maximum Gasteiger partial charge on any atom is 0.319 e. The Kier molecular flexibility index (Phi) is 3.82. The summed E-state index contributed by atoms with van der Waals surface area (Å²) in [5.41, 5.74) is 1.49. The fourth-order valence-corrected chi connectivity index (χ4v) is 1.73. The van der Waals surface area contributed by atoms with Crippen molar-refractivity contribution in [2.45, 2.75) is 59.4 Å². The Balaban J connectivity index is 2.51. The van der Waals surface area contributed by atoms with Gasteiger partial charge in [-0.1, -0.05) is 32.2 Å². The molecule has 0 amide bonds. The van der Waals surface area contributed by atoms with Gasteiger partial charge in [0.05, 0.1) is 0 Å². The van der Waals surface area contributed by atoms with E-state index in [-0.39, 0.29) is 5.60 Å². The molecule has 2 heteroatoms. The predicted octanol–water partition coefficient (Wildman–Crippen LogP) is 3.71. The molecule has 1 rings (SSSR count). The summed E-state index contributed by atoms with van der Waals surface area (Å²) >= 11 is 0. The summed E-state index contributed by atoms with van der Waals surface area (Å²) in [6, 6.07) is 0. The lowest BCUT2D eigenvalue weighted by atomic mass is 9.61. The molecule has 0 saturated carbocycles. The predicted molar refractivity (Wildman–Crippen MR) is 63.6 cm³/mol. The largest absolute Gasteiger partial charge is 0.426 e. The van der Waals surface area contributed by atoms with Gasteiger partial charge in [0.1, 0.15) is 0 Å². The molecule has 1 nitrogen and oxygen atoms in total. The van der Waals surface area contributed by atoms with Crippen LogP contribution in [0.25, 0.3) is 0 Å². The summed E-state index contributed by atoms with van der Waals surface area (Å²) in [6.45, 7) is 11.3. The van der Waals surface area contributed by atoms with Crippen molar-refractivity contribution in [2.24, 2.45) is 5.92 Å². The zero-order valence-corrected chi connectivity index (χ0v) is 10.3. The van der Waals surface area contributed by atoms with Crippen molar-refractivity contribution in [2.75, 3.05) is 0 Å². The minimum absolute atomic E-state index is 0.0111. The van der Waals surface area contributed by atoms with Crippen molar-refractivity contribution in [1.82, 2.24) is 0 Å². The Bertz CT molecular complexity index is 218. The van der Waals surface area contributed by atoms with Gasteiger partial charge >= 0.3 is 6.92 Å². The summed E-state index contributed by atoms with van der Waals surface area (Å²) < 4.78 is 6.11. The topological polar surface area (TPSA) is 9.23 Å². The number of allylic oxidation sites excluding steroid dienone is 2. The highest BCUT2D eigenvalue weighted by molar-refractivity contribution is 6.59. The minimum atomic E-state index is -0.0111. The molecule has 1 aliphatic rings. The average molecular weight is 194 g/mol. The number of rotatable bonds is 4. The fraction of sp³-hybridized carbons (Fsp3) is 0.833. The first-order valence-electron chi connectivity index (χ1n) is 5.80. The summed E-state index contributed by atoms with van der Waals surface area (Å²) in [4.78, 5) is 0. The van der Waals surface area contributed by atoms with Crippen molar-refractivity contribution in [3.63, 3.8) is 0 Å². The molecule has 0 atom stereocenters. The lowest BCUT2D eigenvalue weighted by molar-refractivity contribution is 0.0596. The molecule has 80 valence electrons. The summed E-state index contributed by atoms with van der Waals surface area (Å²) in [7, 11) is 0. The van der Waals surface area contributed by atoms with Gasteiger partial charge in [0.15, 0.2) is 0 Å². The Labute approximate surface area is 89.0 Å². The lowest BCUT2D eigenvalue weighted by Gasteiger charge is -2.33. The Morgan fingerprint density at radius 1 is 1.43 bits per heavy atom. The van der Waals surface area contributed by atoms with Crippen molar-refractivity contribution in [3.8, 4) is 0 Å². The zero-order valence-electron chi connectivity index (χ0n) is 10.3. The van der Waals surface area contributed by atoms with E-state index in [1.54, 1.807) is 0 Å². The van der Waals surface area contributed by atoms with Crippen LogP contribution in [0, 0.1) is 5.92 Å². The molecular weight excluding hydrogens is 171 g/mol. The van der Waals surface area contributed by atoms with Crippen LogP contribution in [0.3, 0.4) is 0 Å². The Morgan fingerprint density at radius 3 is 2.50 bits per heavy atom. The van der Waals surface area contributed by atoms with E-state index in [9.17, 15) is 0 Å².